The Morgan fingerprint density at radius 2 is 1.81 bits per heavy atom. The molecule has 3 fully saturated rings. The summed E-state index contributed by atoms with van der Waals surface area (Å²) >= 11 is 0. The molecule has 122 valence electrons. The normalized spacial score (nSPS) is 28.5. The number of carbonyl (C=O) groups excluding carboxylic acids is 1. The first kappa shape index (κ1) is 17.0. The molecule has 3 aliphatic rings. The Morgan fingerprint density at radius 3 is 2.43 bits per heavy atom. The van der Waals surface area contributed by atoms with Crippen LogP contribution >= 0.6 is 12.4 Å². The summed E-state index contributed by atoms with van der Waals surface area (Å²) < 4.78 is 0. The first-order chi connectivity index (χ1) is 9.81. The molecule has 0 spiro atoms. The minimum atomic E-state index is 0. The largest absolute Gasteiger partial charge is 0.352 e. The first-order valence-electron chi connectivity index (χ1n) is 8.28. The molecule has 21 heavy (non-hydrogen) atoms. The van der Waals surface area contributed by atoms with Gasteiger partial charge in [-0.2, -0.15) is 0 Å². The quantitative estimate of drug-likeness (QED) is 0.790. The predicted octanol–water partition coefficient (Wildman–Crippen LogP) is 0.447. The lowest BCUT2D eigenvalue weighted by atomic mass is 10.2. The van der Waals surface area contributed by atoms with E-state index in [9.17, 15) is 4.79 Å². The van der Waals surface area contributed by atoms with Gasteiger partial charge in [-0.1, -0.05) is 12.8 Å². The molecule has 0 aromatic rings. The summed E-state index contributed by atoms with van der Waals surface area (Å²) in [6, 6.07) is 1.18. The summed E-state index contributed by atoms with van der Waals surface area (Å²) in [5.74, 6) is 0.230. The second-order valence-electron chi connectivity index (χ2n) is 6.51. The average molecular weight is 317 g/mol. The molecule has 0 bridgehead atoms. The zero-order valence-corrected chi connectivity index (χ0v) is 13.7. The van der Waals surface area contributed by atoms with Crippen molar-refractivity contribution in [1.29, 1.82) is 0 Å². The SMILES string of the molecule is Cl.O=C(CN1CCN(C2CCNC2)CC1)NC1CCCC1. The van der Waals surface area contributed by atoms with Crippen LogP contribution in [0.4, 0.5) is 0 Å². The minimum Gasteiger partial charge on any atom is -0.352 e. The van der Waals surface area contributed by atoms with Crippen molar-refractivity contribution in [3.8, 4) is 0 Å². The highest BCUT2D eigenvalue weighted by Gasteiger charge is 2.27. The highest BCUT2D eigenvalue weighted by Crippen LogP contribution is 2.17. The molecule has 0 aromatic heterocycles. The maximum atomic E-state index is 12.0. The lowest BCUT2D eigenvalue weighted by Gasteiger charge is -2.37. The molecule has 1 unspecified atom stereocenters. The monoisotopic (exact) mass is 316 g/mol. The summed E-state index contributed by atoms with van der Waals surface area (Å²) in [5.41, 5.74) is 0. The molecule has 0 aromatic carbocycles. The van der Waals surface area contributed by atoms with Crippen LogP contribution in [0, 0.1) is 0 Å². The number of nitrogens with zero attached hydrogens (tertiary/aromatic N) is 2. The zero-order chi connectivity index (χ0) is 13.8. The second-order valence-corrected chi connectivity index (χ2v) is 6.51. The lowest BCUT2D eigenvalue weighted by molar-refractivity contribution is -0.123. The van der Waals surface area contributed by atoms with Crippen molar-refractivity contribution >= 4 is 18.3 Å². The van der Waals surface area contributed by atoms with E-state index in [0.29, 0.717) is 12.6 Å². The van der Waals surface area contributed by atoms with Crippen LogP contribution in [0.1, 0.15) is 32.1 Å². The molecule has 2 saturated heterocycles. The van der Waals surface area contributed by atoms with Gasteiger partial charge in [0.05, 0.1) is 6.54 Å². The molecule has 0 radical (unpaired) electrons. The number of hydrogen-bond donors (Lipinski definition) is 2. The van der Waals surface area contributed by atoms with Crippen LogP contribution in [0.5, 0.6) is 0 Å². The Bertz CT molecular complexity index is 322. The van der Waals surface area contributed by atoms with E-state index in [4.69, 9.17) is 0 Å². The van der Waals surface area contributed by atoms with Crippen LogP contribution in [-0.2, 0) is 4.79 Å². The topological polar surface area (TPSA) is 47.6 Å². The van der Waals surface area contributed by atoms with Gasteiger partial charge < -0.3 is 10.6 Å². The van der Waals surface area contributed by atoms with Crippen LogP contribution in [0.25, 0.3) is 0 Å². The van der Waals surface area contributed by atoms with E-state index in [-0.39, 0.29) is 18.3 Å². The van der Waals surface area contributed by atoms with E-state index >= 15 is 0 Å². The van der Waals surface area contributed by atoms with Crippen LogP contribution < -0.4 is 10.6 Å². The molecule has 1 amide bonds. The van der Waals surface area contributed by atoms with Gasteiger partial charge in [0.25, 0.3) is 0 Å². The Morgan fingerprint density at radius 1 is 1.10 bits per heavy atom. The maximum absolute atomic E-state index is 12.0. The molecule has 1 saturated carbocycles. The van der Waals surface area contributed by atoms with Gasteiger partial charge in [0.15, 0.2) is 0 Å². The van der Waals surface area contributed by atoms with Gasteiger partial charge in [-0.3, -0.25) is 14.6 Å². The van der Waals surface area contributed by atoms with E-state index < -0.39 is 0 Å². The standard InChI is InChI=1S/C15H28N4O.ClH/c20-15(17-13-3-1-2-4-13)12-18-7-9-19(10-8-18)14-5-6-16-11-14;/h13-14,16H,1-12H2,(H,17,20);1H. The van der Waals surface area contributed by atoms with Crippen molar-refractivity contribution in [2.45, 2.75) is 44.2 Å². The van der Waals surface area contributed by atoms with Gasteiger partial charge in [0.2, 0.25) is 5.91 Å². The van der Waals surface area contributed by atoms with E-state index in [0.717, 1.165) is 45.3 Å². The summed E-state index contributed by atoms with van der Waals surface area (Å²) in [6.07, 6.45) is 6.18. The van der Waals surface area contributed by atoms with Crippen molar-refractivity contribution in [3.05, 3.63) is 0 Å². The Hall–Kier alpha value is -0.360. The minimum absolute atomic E-state index is 0. The van der Waals surface area contributed by atoms with Crippen molar-refractivity contribution in [2.24, 2.45) is 0 Å². The van der Waals surface area contributed by atoms with Crippen LogP contribution in [0.15, 0.2) is 0 Å². The van der Waals surface area contributed by atoms with Crippen LogP contribution in [0.3, 0.4) is 0 Å². The van der Waals surface area contributed by atoms with E-state index in [2.05, 4.69) is 20.4 Å². The number of nitrogens with one attached hydrogen (secondary N) is 2. The van der Waals surface area contributed by atoms with Crippen LogP contribution in [-0.4, -0.2) is 73.6 Å². The molecule has 1 atom stereocenters. The Balaban J connectivity index is 0.00000161. The smallest absolute Gasteiger partial charge is 0.234 e. The van der Waals surface area contributed by atoms with E-state index in [1.165, 1.54) is 32.1 Å². The number of amides is 1. The fraction of sp³-hybridized carbons (Fsp3) is 0.933. The molecular formula is C15H29ClN4O. The van der Waals surface area contributed by atoms with E-state index in [1.807, 2.05) is 0 Å². The zero-order valence-electron chi connectivity index (χ0n) is 12.9. The summed E-state index contributed by atoms with van der Waals surface area (Å²) in [6.45, 7) is 7.19. The number of carbonyl (C=O) groups is 1. The van der Waals surface area contributed by atoms with Crippen molar-refractivity contribution in [2.75, 3.05) is 45.8 Å². The van der Waals surface area contributed by atoms with Gasteiger partial charge in [-0.25, -0.2) is 0 Å². The molecular weight excluding hydrogens is 288 g/mol. The Labute approximate surface area is 134 Å². The average Bonchev–Trinajstić information content (AvgIpc) is 3.12. The molecule has 2 heterocycles. The maximum Gasteiger partial charge on any atom is 0.234 e. The number of rotatable bonds is 4. The van der Waals surface area contributed by atoms with Gasteiger partial charge >= 0.3 is 0 Å². The lowest BCUT2D eigenvalue weighted by Crippen LogP contribution is -2.53. The van der Waals surface area contributed by atoms with Gasteiger partial charge in [-0.15, -0.1) is 12.4 Å². The van der Waals surface area contributed by atoms with Crippen molar-refractivity contribution < 1.29 is 4.79 Å². The molecule has 1 aliphatic carbocycles. The van der Waals surface area contributed by atoms with Crippen molar-refractivity contribution in [1.82, 2.24) is 20.4 Å². The third-order valence-corrected chi connectivity index (χ3v) is 5.05. The second kappa shape index (κ2) is 8.32. The summed E-state index contributed by atoms with van der Waals surface area (Å²) in [5, 5.41) is 6.62. The van der Waals surface area contributed by atoms with E-state index in [1.54, 1.807) is 0 Å². The van der Waals surface area contributed by atoms with Crippen molar-refractivity contribution in [3.63, 3.8) is 0 Å². The summed E-state index contributed by atoms with van der Waals surface area (Å²) in [4.78, 5) is 16.9. The van der Waals surface area contributed by atoms with Gasteiger partial charge in [0.1, 0.15) is 0 Å². The predicted molar refractivity (Wildman–Crippen MR) is 86.9 cm³/mol. The molecule has 2 aliphatic heterocycles. The Kier molecular flexibility index (Phi) is 6.74. The highest BCUT2D eigenvalue weighted by molar-refractivity contribution is 5.85. The number of hydrogen-bond acceptors (Lipinski definition) is 4. The third kappa shape index (κ3) is 4.81. The summed E-state index contributed by atoms with van der Waals surface area (Å²) in [7, 11) is 0. The third-order valence-electron chi connectivity index (χ3n) is 5.05. The molecule has 6 heteroatoms. The number of piperazine rings is 1. The first-order valence-corrected chi connectivity index (χ1v) is 8.28. The fourth-order valence-electron chi connectivity index (χ4n) is 3.78. The molecule has 5 nitrogen and oxygen atoms in total. The fourth-order valence-corrected chi connectivity index (χ4v) is 3.78. The van der Waals surface area contributed by atoms with Gasteiger partial charge in [-0.05, 0) is 25.8 Å². The highest BCUT2D eigenvalue weighted by atomic mass is 35.5. The molecule has 3 rings (SSSR count). The van der Waals surface area contributed by atoms with Crippen LogP contribution in [0.2, 0.25) is 0 Å². The van der Waals surface area contributed by atoms with Gasteiger partial charge in [0, 0.05) is 44.8 Å². The number of halogens is 1. The molecule has 2 N–H and O–H groups in total.